The lowest BCUT2D eigenvalue weighted by Crippen LogP contribution is -2.29. The maximum Gasteiger partial charge on any atom is 0.488 e. The van der Waals surface area contributed by atoms with Gasteiger partial charge in [0.05, 0.1) is 34.4 Å². The fraction of sp³-hybridized carbons (Fsp3) is 0.0714. The quantitative estimate of drug-likeness (QED) is 0.188. The standard InChI is InChI=1S/C14H8F3N.C7H6BF3O2.C7H4BrN/c15-14(16,17)13-7-5-12(6-8-13)11-3-1-10(9-18)2-4-11;9-7(10,11)5-1-3-6(4-2-5)8(12)13;8-7-3-1-6(5-9)2-4-7/h1-8H;1-4,12-13H;1-4H. The third-order valence-electron chi connectivity index (χ3n) is 5.07. The van der Waals surface area contributed by atoms with Crippen molar-refractivity contribution in [2.75, 3.05) is 0 Å². The highest BCUT2D eigenvalue weighted by Crippen LogP contribution is 2.31. The third kappa shape index (κ3) is 10.2. The zero-order chi connectivity index (χ0) is 29.9. The summed E-state index contributed by atoms with van der Waals surface area (Å²) in [5.41, 5.74) is 1.24. The average molecular weight is 619 g/mol. The Bertz CT molecular complexity index is 1440. The highest BCUT2D eigenvalue weighted by atomic mass is 79.9. The van der Waals surface area contributed by atoms with E-state index in [2.05, 4.69) is 15.9 Å². The van der Waals surface area contributed by atoms with Crippen molar-refractivity contribution in [2.24, 2.45) is 0 Å². The Balaban J connectivity index is 0.000000224. The van der Waals surface area contributed by atoms with Gasteiger partial charge in [-0.1, -0.05) is 64.5 Å². The Morgan fingerprint density at radius 2 is 0.875 bits per heavy atom. The Hall–Kier alpha value is -4.10. The van der Waals surface area contributed by atoms with Crippen molar-refractivity contribution < 1.29 is 36.4 Å². The molecule has 0 saturated heterocycles. The molecule has 0 aliphatic carbocycles. The molecule has 4 aromatic rings. The van der Waals surface area contributed by atoms with Crippen LogP contribution in [0.5, 0.6) is 0 Å². The Labute approximate surface area is 234 Å². The molecule has 0 unspecified atom stereocenters. The van der Waals surface area contributed by atoms with E-state index in [9.17, 15) is 26.3 Å². The van der Waals surface area contributed by atoms with E-state index >= 15 is 0 Å². The minimum atomic E-state index is -4.39. The minimum Gasteiger partial charge on any atom is -0.423 e. The lowest BCUT2D eigenvalue weighted by molar-refractivity contribution is -0.138. The van der Waals surface area contributed by atoms with Gasteiger partial charge in [0, 0.05) is 4.47 Å². The molecule has 0 spiro atoms. The normalized spacial score (nSPS) is 10.6. The van der Waals surface area contributed by atoms with E-state index in [0.29, 0.717) is 16.7 Å². The minimum absolute atomic E-state index is 0.0352. The molecule has 204 valence electrons. The molecule has 0 bridgehead atoms. The number of benzene rings is 4. The van der Waals surface area contributed by atoms with Crippen molar-refractivity contribution in [3.05, 3.63) is 124 Å². The molecule has 4 rings (SSSR count). The van der Waals surface area contributed by atoms with Crippen molar-refractivity contribution >= 4 is 28.5 Å². The Kier molecular flexibility index (Phi) is 11.5. The molecule has 0 aliphatic heterocycles. The molecular weight excluding hydrogens is 601 g/mol. The van der Waals surface area contributed by atoms with Gasteiger partial charge in [-0.05, 0) is 65.1 Å². The molecule has 0 radical (unpaired) electrons. The molecule has 0 saturated carbocycles. The fourth-order valence-electron chi connectivity index (χ4n) is 2.96. The molecular formula is C28H18BBrF6N2O2. The summed E-state index contributed by atoms with van der Waals surface area (Å²) < 4.78 is 74.1. The molecule has 0 atom stereocenters. The number of alkyl halides is 6. The predicted octanol–water partition coefficient (Wildman–Crippen LogP) is 6.95. The van der Waals surface area contributed by atoms with Crippen LogP contribution in [0.2, 0.25) is 0 Å². The first-order valence-electron chi connectivity index (χ1n) is 11.1. The zero-order valence-electron chi connectivity index (χ0n) is 20.2. The highest BCUT2D eigenvalue weighted by molar-refractivity contribution is 9.10. The number of hydrogen-bond donors (Lipinski definition) is 2. The van der Waals surface area contributed by atoms with Crippen LogP contribution >= 0.6 is 15.9 Å². The maximum absolute atomic E-state index is 12.4. The van der Waals surface area contributed by atoms with Gasteiger partial charge in [0.15, 0.2) is 0 Å². The topological polar surface area (TPSA) is 88.0 Å². The zero-order valence-corrected chi connectivity index (χ0v) is 21.8. The smallest absolute Gasteiger partial charge is 0.423 e. The van der Waals surface area contributed by atoms with Crippen LogP contribution in [0.1, 0.15) is 22.3 Å². The number of hydrogen-bond acceptors (Lipinski definition) is 4. The molecule has 0 aliphatic rings. The first kappa shape index (κ1) is 32.1. The van der Waals surface area contributed by atoms with Gasteiger partial charge in [-0.3, -0.25) is 0 Å². The largest absolute Gasteiger partial charge is 0.488 e. The number of halogens is 7. The van der Waals surface area contributed by atoms with Gasteiger partial charge in [-0.15, -0.1) is 0 Å². The molecule has 0 aromatic heterocycles. The summed E-state index contributed by atoms with van der Waals surface area (Å²) in [7, 11) is -1.73. The molecule has 40 heavy (non-hydrogen) atoms. The molecule has 4 nitrogen and oxygen atoms in total. The fourth-order valence-corrected chi connectivity index (χ4v) is 3.22. The Morgan fingerprint density at radius 1 is 0.550 bits per heavy atom. The van der Waals surface area contributed by atoms with Gasteiger partial charge >= 0.3 is 19.5 Å². The van der Waals surface area contributed by atoms with E-state index in [1.54, 1.807) is 36.4 Å². The van der Waals surface area contributed by atoms with Gasteiger partial charge in [0.2, 0.25) is 0 Å². The average Bonchev–Trinajstić information content (AvgIpc) is 2.93. The van der Waals surface area contributed by atoms with E-state index in [0.717, 1.165) is 46.4 Å². The van der Waals surface area contributed by atoms with E-state index in [-0.39, 0.29) is 5.46 Å². The van der Waals surface area contributed by atoms with Gasteiger partial charge in [-0.2, -0.15) is 36.9 Å². The monoisotopic (exact) mass is 618 g/mol. The van der Waals surface area contributed by atoms with Crippen LogP contribution in [-0.4, -0.2) is 17.2 Å². The Morgan fingerprint density at radius 3 is 1.20 bits per heavy atom. The van der Waals surface area contributed by atoms with E-state index < -0.39 is 30.6 Å². The molecule has 0 amide bonds. The van der Waals surface area contributed by atoms with Crippen LogP contribution in [-0.2, 0) is 12.4 Å². The van der Waals surface area contributed by atoms with Gasteiger partial charge in [0.1, 0.15) is 0 Å². The summed E-state index contributed by atoms with van der Waals surface area (Å²) in [4.78, 5) is 0. The van der Waals surface area contributed by atoms with Crippen LogP contribution in [0.25, 0.3) is 11.1 Å². The van der Waals surface area contributed by atoms with E-state index in [4.69, 9.17) is 20.6 Å². The summed E-state index contributed by atoms with van der Waals surface area (Å²) in [6, 6.07) is 26.5. The van der Waals surface area contributed by atoms with Crippen LogP contribution in [0.3, 0.4) is 0 Å². The summed E-state index contributed by atoms with van der Waals surface area (Å²) in [5.74, 6) is 0. The summed E-state index contributed by atoms with van der Waals surface area (Å²) >= 11 is 3.27. The predicted molar refractivity (Wildman–Crippen MR) is 142 cm³/mol. The summed E-state index contributed by atoms with van der Waals surface area (Å²) in [6.45, 7) is 0. The number of nitriles is 2. The van der Waals surface area contributed by atoms with Crippen LogP contribution in [0, 0.1) is 22.7 Å². The van der Waals surface area contributed by atoms with Crippen LogP contribution in [0.4, 0.5) is 26.3 Å². The van der Waals surface area contributed by atoms with Gasteiger partial charge < -0.3 is 10.0 Å². The van der Waals surface area contributed by atoms with Gasteiger partial charge in [0.25, 0.3) is 0 Å². The SMILES string of the molecule is N#Cc1ccc(-c2ccc(C(F)(F)F)cc2)cc1.N#Cc1ccc(Br)cc1.OB(O)c1ccc(C(F)(F)F)cc1. The summed E-state index contributed by atoms with van der Waals surface area (Å²) in [6.07, 6.45) is -8.71. The number of rotatable bonds is 2. The van der Waals surface area contributed by atoms with Gasteiger partial charge in [-0.25, -0.2) is 0 Å². The second-order valence-corrected chi connectivity index (χ2v) is 8.79. The van der Waals surface area contributed by atoms with Crippen molar-refractivity contribution in [2.45, 2.75) is 12.4 Å². The first-order chi connectivity index (χ1) is 18.7. The number of nitrogens with zero attached hydrogens (tertiary/aromatic N) is 2. The van der Waals surface area contributed by atoms with Crippen molar-refractivity contribution in [3.8, 4) is 23.3 Å². The maximum atomic E-state index is 12.4. The molecule has 2 N–H and O–H groups in total. The van der Waals surface area contributed by atoms with Crippen LogP contribution in [0.15, 0.2) is 102 Å². The molecule has 0 heterocycles. The lowest BCUT2D eigenvalue weighted by Gasteiger charge is -2.07. The first-order valence-corrected chi connectivity index (χ1v) is 11.9. The lowest BCUT2D eigenvalue weighted by atomic mass is 9.80. The van der Waals surface area contributed by atoms with Crippen molar-refractivity contribution in [1.29, 1.82) is 10.5 Å². The molecule has 0 fully saturated rings. The second-order valence-electron chi connectivity index (χ2n) is 7.88. The van der Waals surface area contributed by atoms with Crippen LogP contribution < -0.4 is 5.46 Å². The van der Waals surface area contributed by atoms with E-state index in [1.807, 2.05) is 24.3 Å². The van der Waals surface area contributed by atoms with Crippen molar-refractivity contribution in [3.63, 3.8) is 0 Å². The van der Waals surface area contributed by atoms with E-state index in [1.165, 1.54) is 12.1 Å². The second kappa shape index (κ2) is 14.3. The highest BCUT2D eigenvalue weighted by Gasteiger charge is 2.31. The third-order valence-corrected chi connectivity index (χ3v) is 5.60. The summed E-state index contributed by atoms with van der Waals surface area (Å²) in [5, 5.41) is 34.2. The molecule has 4 aromatic carbocycles. The van der Waals surface area contributed by atoms with Crippen molar-refractivity contribution in [1.82, 2.24) is 0 Å². The molecule has 12 heteroatoms.